The van der Waals surface area contributed by atoms with E-state index in [1.54, 1.807) is 0 Å². The third-order valence-corrected chi connectivity index (χ3v) is 4.58. The molecule has 0 spiro atoms. The Balaban J connectivity index is 1.94. The molecule has 0 unspecified atom stereocenters. The molecule has 1 saturated heterocycles. The molecule has 3 heteroatoms. The SMILES string of the molecule is F[C@@H]1CCNC[C@H]1c1c(-c2ccccc2)[nH]c2ccccc12. The van der Waals surface area contributed by atoms with Crippen LogP contribution in [0.5, 0.6) is 0 Å². The van der Waals surface area contributed by atoms with Crippen LogP contribution in [0.3, 0.4) is 0 Å². The first-order valence-electron chi connectivity index (χ1n) is 7.85. The van der Waals surface area contributed by atoms with E-state index in [-0.39, 0.29) is 5.92 Å². The van der Waals surface area contributed by atoms with E-state index in [1.807, 2.05) is 30.3 Å². The van der Waals surface area contributed by atoms with Crippen LogP contribution >= 0.6 is 0 Å². The Morgan fingerprint density at radius 1 is 0.955 bits per heavy atom. The number of alkyl halides is 1. The Hall–Kier alpha value is -2.13. The molecule has 2 atom stereocenters. The number of nitrogens with one attached hydrogen (secondary N) is 2. The molecule has 112 valence electrons. The van der Waals surface area contributed by atoms with Crippen molar-refractivity contribution >= 4 is 10.9 Å². The first-order chi connectivity index (χ1) is 10.8. The lowest BCUT2D eigenvalue weighted by atomic mass is 9.86. The van der Waals surface area contributed by atoms with Crippen LogP contribution < -0.4 is 5.32 Å². The van der Waals surface area contributed by atoms with Crippen molar-refractivity contribution < 1.29 is 4.39 Å². The van der Waals surface area contributed by atoms with Crippen molar-refractivity contribution in [3.05, 3.63) is 60.2 Å². The number of benzene rings is 2. The summed E-state index contributed by atoms with van der Waals surface area (Å²) in [4.78, 5) is 3.50. The molecule has 4 rings (SSSR count). The number of rotatable bonds is 2. The Morgan fingerprint density at radius 3 is 2.55 bits per heavy atom. The molecule has 1 aliphatic rings. The molecule has 0 bridgehead atoms. The molecule has 0 amide bonds. The minimum Gasteiger partial charge on any atom is -0.354 e. The lowest BCUT2D eigenvalue weighted by molar-refractivity contribution is 0.229. The normalized spacial score (nSPS) is 22.0. The number of H-pyrrole nitrogens is 1. The Labute approximate surface area is 129 Å². The van der Waals surface area contributed by atoms with Crippen molar-refractivity contribution in [3.63, 3.8) is 0 Å². The molecule has 2 N–H and O–H groups in total. The molecule has 2 aromatic carbocycles. The van der Waals surface area contributed by atoms with E-state index in [9.17, 15) is 4.39 Å². The Morgan fingerprint density at radius 2 is 1.73 bits per heavy atom. The minimum absolute atomic E-state index is 0.0971. The van der Waals surface area contributed by atoms with Gasteiger partial charge in [0.1, 0.15) is 6.17 Å². The van der Waals surface area contributed by atoms with Crippen LogP contribution in [0, 0.1) is 0 Å². The number of para-hydroxylation sites is 1. The fraction of sp³-hybridized carbons (Fsp3) is 0.263. The third kappa shape index (κ3) is 2.22. The van der Waals surface area contributed by atoms with Gasteiger partial charge >= 0.3 is 0 Å². The maximum absolute atomic E-state index is 14.6. The number of aromatic nitrogens is 1. The average molecular weight is 294 g/mol. The van der Waals surface area contributed by atoms with E-state index in [2.05, 4.69) is 34.6 Å². The molecule has 1 aliphatic heterocycles. The van der Waals surface area contributed by atoms with Crippen molar-refractivity contribution in [1.82, 2.24) is 10.3 Å². The Bertz CT molecular complexity index is 778. The number of piperidine rings is 1. The smallest absolute Gasteiger partial charge is 0.109 e. The van der Waals surface area contributed by atoms with Gasteiger partial charge in [-0.2, -0.15) is 0 Å². The van der Waals surface area contributed by atoms with Crippen LogP contribution in [0.1, 0.15) is 17.9 Å². The molecule has 3 aromatic rings. The zero-order chi connectivity index (χ0) is 14.9. The Kier molecular flexibility index (Phi) is 3.43. The number of aromatic amines is 1. The molecule has 2 nitrogen and oxygen atoms in total. The summed E-state index contributed by atoms with van der Waals surface area (Å²) >= 11 is 0. The zero-order valence-electron chi connectivity index (χ0n) is 12.4. The highest BCUT2D eigenvalue weighted by Gasteiger charge is 2.30. The standard InChI is InChI=1S/C19H19FN2/c20-16-10-11-21-12-15(16)18-14-8-4-5-9-17(14)22-19(18)13-6-2-1-3-7-13/h1-9,15-16,21-22H,10-12H2/t15-,16-/m1/s1. The first-order valence-corrected chi connectivity index (χ1v) is 7.85. The summed E-state index contributed by atoms with van der Waals surface area (Å²) in [5.74, 6) is -0.0971. The van der Waals surface area contributed by atoms with Gasteiger partial charge in [-0.15, -0.1) is 0 Å². The summed E-state index contributed by atoms with van der Waals surface area (Å²) in [6.45, 7) is 1.46. The van der Waals surface area contributed by atoms with Crippen molar-refractivity contribution in [3.8, 4) is 11.3 Å². The largest absolute Gasteiger partial charge is 0.354 e. The van der Waals surface area contributed by atoms with Gasteiger partial charge in [0.25, 0.3) is 0 Å². The predicted octanol–water partition coefficient (Wildman–Crippen LogP) is 4.25. The van der Waals surface area contributed by atoms with E-state index in [4.69, 9.17) is 0 Å². The highest BCUT2D eigenvalue weighted by molar-refractivity contribution is 5.91. The molecule has 22 heavy (non-hydrogen) atoms. The second-order valence-electron chi connectivity index (χ2n) is 5.94. The van der Waals surface area contributed by atoms with E-state index < -0.39 is 6.17 Å². The molecule has 1 aromatic heterocycles. The van der Waals surface area contributed by atoms with Gasteiger partial charge in [0, 0.05) is 23.4 Å². The lowest BCUT2D eigenvalue weighted by Gasteiger charge is -2.27. The minimum atomic E-state index is -0.789. The summed E-state index contributed by atoms with van der Waals surface area (Å²) in [6, 6.07) is 18.4. The maximum Gasteiger partial charge on any atom is 0.109 e. The fourth-order valence-electron chi connectivity index (χ4n) is 3.49. The average Bonchev–Trinajstić information content (AvgIpc) is 2.95. The lowest BCUT2D eigenvalue weighted by Crippen LogP contribution is -2.36. The van der Waals surface area contributed by atoms with E-state index >= 15 is 0 Å². The van der Waals surface area contributed by atoms with Gasteiger partial charge in [-0.25, -0.2) is 4.39 Å². The van der Waals surface area contributed by atoms with Crippen LogP contribution in [0.2, 0.25) is 0 Å². The van der Waals surface area contributed by atoms with Gasteiger partial charge in [-0.3, -0.25) is 0 Å². The zero-order valence-corrected chi connectivity index (χ0v) is 12.4. The van der Waals surface area contributed by atoms with Crippen molar-refractivity contribution in [2.45, 2.75) is 18.5 Å². The first kappa shape index (κ1) is 13.5. The maximum atomic E-state index is 14.6. The fourth-order valence-corrected chi connectivity index (χ4v) is 3.49. The molecule has 1 fully saturated rings. The van der Waals surface area contributed by atoms with Crippen molar-refractivity contribution in [2.75, 3.05) is 13.1 Å². The van der Waals surface area contributed by atoms with E-state index in [0.717, 1.165) is 34.3 Å². The van der Waals surface area contributed by atoms with Gasteiger partial charge < -0.3 is 10.3 Å². The molecule has 0 radical (unpaired) electrons. The van der Waals surface area contributed by atoms with Crippen molar-refractivity contribution in [1.29, 1.82) is 0 Å². The summed E-state index contributed by atoms with van der Waals surface area (Å²) < 4.78 is 14.6. The molecule has 0 saturated carbocycles. The van der Waals surface area contributed by atoms with Crippen molar-refractivity contribution in [2.24, 2.45) is 0 Å². The van der Waals surface area contributed by atoms with Crippen LogP contribution in [0.15, 0.2) is 54.6 Å². The molecular weight excluding hydrogens is 275 g/mol. The second-order valence-corrected chi connectivity index (χ2v) is 5.94. The van der Waals surface area contributed by atoms with Gasteiger partial charge in [-0.05, 0) is 30.2 Å². The van der Waals surface area contributed by atoms with Crippen LogP contribution in [0.4, 0.5) is 4.39 Å². The van der Waals surface area contributed by atoms with Gasteiger partial charge in [0.2, 0.25) is 0 Å². The summed E-state index contributed by atoms with van der Waals surface area (Å²) in [6.07, 6.45) is -0.207. The summed E-state index contributed by atoms with van der Waals surface area (Å²) in [5.41, 5.74) is 4.36. The number of halogens is 1. The van der Waals surface area contributed by atoms with E-state index in [0.29, 0.717) is 13.0 Å². The summed E-state index contributed by atoms with van der Waals surface area (Å²) in [5, 5.41) is 4.48. The topological polar surface area (TPSA) is 27.8 Å². The second kappa shape index (κ2) is 5.58. The molecular formula is C19H19FN2. The third-order valence-electron chi connectivity index (χ3n) is 4.58. The predicted molar refractivity (Wildman–Crippen MR) is 88.9 cm³/mol. The summed E-state index contributed by atoms with van der Waals surface area (Å²) in [7, 11) is 0. The highest BCUT2D eigenvalue weighted by Crippen LogP contribution is 2.39. The van der Waals surface area contributed by atoms with Crippen LogP contribution in [-0.2, 0) is 0 Å². The number of fused-ring (bicyclic) bond motifs is 1. The van der Waals surface area contributed by atoms with Crippen LogP contribution in [-0.4, -0.2) is 24.2 Å². The van der Waals surface area contributed by atoms with Crippen LogP contribution in [0.25, 0.3) is 22.2 Å². The monoisotopic (exact) mass is 294 g/mol. The van der Waals surface area contributed by atoms with Gasteiger partial charge in [0.05, 0.1) is 5.69 Å². The highest BCUT2D eigenvalue weighted by atomic mass is 19.1. The molecule has 2 heterocycles. The van der Waals surface area contributed by atoms with E-state index in [1.165, 1.54) is 0 Å². The molecule has 0 aliphatic carbocycles. The van der Waals surface area contributed by atoms with Gasteiger partial charge in [0.15, 0.2) is 0 Å². The quantitative estimate of drug-likeness (QED) is 0.726. The number of hydrogen-bond acceptors (Lipinski definition) is 1. The number of hydrogen-bond donors (Lipinski definition) is 2. The van der Waals surface area contributed by atoms with Gasteiger partial charge in [-0.1, -0.05) is 48.5 Å².